The van der Waals surface area contributed by atoms with E-state index in [4.69, 9.17) is 0 Å². The molecule has 0 aromatic heterocycles. The van der Waals surface area contributed by atoms with Crippen LogP contribution in [0.5, 0.6) is 0 Å². The number of hydrogen-bond acceptors (Lipinski definition) is 1. The maximum absolute atomic E-state index is 2.33. The summed E-state index contributed by atoms with van der Waals surface area (Å²) in [6.07, 6.45) is 0. The predicted molar refractivity (Wildman–Crippen MR) is 226 cm³/mol. The second kappa shape index (κ2) is 14.3. The molecular formula is C52H37N. The summed E-state index contributed by atoms with van der Waals surface area (Å²) in [5, 5.41) is 2.48. The molecule has 0 heterocycles. The van der Waals surface area contributed by atoms with Gasteiger partial charge in [-0.25, -0.2) is 0 Å². The zero-order chi connectivity index (χ0) is 35.4. The average Bonchev–Trinajstić information content (AvgIpc) is 3.25. The summed E-state index contributed by atoms with van der Waals surface area (Å²) < 4.78 is 0. The normalized spacial score (nSPS) is 11.0. The summed E-state index contributed by atoms with van der Waals surface area (Å²) in [5.41, 5.74) is 15.5. The first kappa shape index (κ1) is 32.0. The molecule has 0 radical (unpaired) electrons. The van der Waals surface area contributed by atoms with Gasteiger partial charge >= 0.3 is 0 Å². The molecule has 0 saturated heterocycles. The van der Waals surface area contributed by atoms with E-state index >= 15 is 0 Å². The number of anilines is 3. The molecule has 0 atom stereocenters. The number of para-hydroxylation sites is 1. The monoisotopic (exact) mass is 675 g/mol. The molecule has 0 unspecified atom stereocenters. The molecule has 250 valence electrons. The number of benzene rings is 9. The molecule has 53 heavy (non-hydrogen) atoms. The zero-order valence-corrected chi connectivity index (χ0v) is 29.3. The Kier molecular flexibility index (Phi) is 8.66. The Morgan fingerprint density at radius 2 is 0.547 bits per heavy atom. The van der Waals surface area contributed by atoms with Gasteiger partial charge < -0.3 is 4.90 Å². The van der Waals surface area contributed by atoms with E-state index in [-0.39, 0.29) is 0 Å². The van der Waals surface area contributed by atoms with Crippen molar-refractivity contribution in [1.29, 1.82) is 0 Å². The van der Waals surface area contributed by atoms with Crippen molar-refractivity contribution in [2.24, 2.45) is 0 Å². The molecule has 1 nitrogen and oxygen atoms in total. The van der Waals surface area contributed by atoms with E-state index in [0.717, 1.165) is 17.1 Å². The first-order chi connectivity index (χ1) is 26.3. The SMILES string of the molecule is c1ccc(-c2ccc3ccc(-c4ccc(N(c5ccccc5)c5ccc(-c6ccccc6-c6ccccc6-c6ccccc6)cc5)cc4)cc3c2)cc1. The molecule has 0 saturated carbocycles. The fraction of sp³-hybridized carbons (Fsp3) is 0. The van der Waals surface area contributed by atoms with E-state index in [2.05, 4.69) is 229 Å². The average molecular weight is 676 g/mol. The van der Waals surface area contributed by atoms with Crippen LogP contribution in [0.2, 0.25) is 0 Å². The first-order valence-corrected chi connectivity index (χ1v) is 18.2. The molecule has 9 aromatic carbocycles. The van der Waals surface area contributed by atoms with Crippen molar-refractivity contribution in [1.82, 2.24) is 0 Å². The molecule has 0 aliphatic carbocycles. The van der Waals surface area contributed by atoms with E-state index in [1.165, 1.54) is 66.4 Å². The van der Waals surface area contributed by atoms with Gasteiger partial charge in [0.15, 0.2) is 0 Å². The van der Waals surface area contributed by atoms with Crippen LogP contribution in [0.4, 0.5) is 17.1 Å². The lowest BCUT2D eigenvalue weighted by Gasteiger charge is -2.26. The molecule has 1 heteroatoms. The summed E-state index contributed by atoms with van der Waals surface area (Å²) in [6.45, 7) is 0. The van der Waals surface area contributed by atoms with Gasteiger partial charge in [-0.05, 0) is 115 Å². The highest BCUT2D eigenvalue weighted by molar-refractivity contribution is 5.93. The molecule has 0 bridgehead atoms. The van der Waals surface area contributed by atoms with Gasteiger partial charge in [0.1, 0.15) is 0 Å². The molecule has 0 aliphatic heterocycles. The van der Waals surface area contributed by atoms with Gasteiger partial charge in [-0.1, -0.05) is 176 Å². The Morgan fingerprint density at radius 1 is 0.208 bits per heavy atom. The third-order valence-electron chi connectivity index (χ3n) is 10.1. The van der Waals surface area contributed by atoms with Gasteiger partial charge in [0.25, 0.3) is 0 Å². The molecule has 0 aliphatic rings. The topological polar surface area (TPSA) is 3.24 Å². The minimum absolute atomic E-state index is 1.11. The Bertz CT molecular complexity index is 2630. The van der Waals surface area contributed by atoms with Crippen molar-refractivity contribution in [3.63, 3.8) is 0 Å². The van der Waals surface area contributed by atoms with Crippen LogP contribution in [0.1, 0.15) is 0 Å². The molecule has 0 spiro atoms. The molecule has 0 fully saturated rings. The van der Waals surface area contributed by atoms with Crippen LogP contribution >= 0.6 is 0 Å². The molecule has 0 N–H and O–H groups in total. The number of fused-ring (bicyclic) bond motifs is 1. The Labute approximate surface area is 311 Å². The van der Waals surface area contributed by atoms with Crippen LogP contribution in [-0.4, -0.2) is 0 Å². The number of rotatable bonds is 8. The maximum atomic E-state index is 2.33. The first-order valence-electron chi connectivity index (χ1n) is 18.2. The van der Waals surface area contributed by atoms with E-state index < -0.39 is 0 Å². The summed E-state index contributed by atoms with van der Waals surface area (Å²) in [7, 11) is 0. The van der Waals surface area contributed by atoms with Crippen LogP contribution < -0.4 is 4.90 Å². The van der Waals surface area contributed by atoms with Crippen LogP contribution in [0.25, 0.3) is 66.4 Å². The van der Waals surface area contributed by atoms with E-state index in [9.17, 15) is 0 Å². The largest absolute Gasteiger partial charge is 0.311 e. The van der Waals surface area contributed by atoms with Gasteiger partial charge in [-0.2, -0.15) is 0 Å². The highest BCUT2D eigenvalue weighted by atomic mass is 15.1. The third kappa shape index (κ3) is 6.53. The second-order valence-electron chi connectivity index (χ2n) is 13.4. The van der Waals surface area contributed by atoms with Crippen molar-refractivity contribution >= 4 is 27.8 Å². The molecular weight excluding hydrogens is 639 g/mol. The van der Waals surface area contributed by atoms with Gasteiger partial charge in [0.2, 0.25) is 0 Å². The fourth-order valence-corrected chi connectivity index (χ4v) is 7.41. The van der Waals surface area contributed by atoms with Crippen molar-refractivity contribution < 1.29 is 0 Å². The van der Waals surface area contributed by atoms with E-state index in [0.29, 0.717) is 0 Å². The van der Waals surface area contributed by atoms with Crippen LogP contribution in [0.3, 0.4) is 0 Å². The third-order valence-corrected chi connectivity index (χ3v) is 10.1. The quantitative estimate of drug-likeness (QED) is 0.155. The van der Waals surface area contributed by atoms with Crippen LogP contribution in [0, 0.1) is 0 Å². The van der Waals surface area contributed by atoms with Gasteiger partial charge in [-0.3, -0.25) is 0 Å². The van der Waals surface area contributed by atoms with Crippen molar-refractivity contribution in [3.05, 3.63) is 224 Å². The molecule has 0 amide bonds. The Balaban J connectivity index is 1.05. The summed E-state index contributed by atoms with van der Waals surface area (Å²) in [5.74, 6) is 0. The lowest BCUT2D eigenvalue weighted by Crippen LogP contribution is -2.09. The summed E-state index contributed by atoms with van der Waals surface area (Å²) in [6, 6.07) is 80.7. The Hall–Kier alpha value is -6.96. The second-order valence-corrected chi connectivity index (χ2v) is 13.4. The number of hydrogen-bond donors (Lipinski definition) is 0. The minimum atomic E-state index is 1.11. The zero-order valence-electron chi connectivity index (χ0n) is 29.3. The highest BCUT2D eigenvalue weighted by Gasteiger charge is 2.15. The fourth-order valence-electron chi connectivity index (χ4n) is 7.41. The van der Waals surface area contributed by atoms with Crippen molar-refractivity contribution in [2.75, 3.05) is 4.90 Å². The van der Waals surface area contributed by atoms with Crippen molar-refractivity contribution in [3.8, 4) is 55.6 Å². The van der Waals surface area contributed by atoms with E-state index in [1.54, 1.807) is 0 Å². The van der Waals surface area contributed by atoms with Gasteiger partial charge in [-0.15, -0.1) is 0 Å². The minimum Gasteiger partial charge on any atom is -0.311 e. The lowest BCUT2D eigenvalue weighted by atomic mass is 9.89. The summed E-state index contributed by atoms with van der Waals surface area (Å²) in [4.78, 5) is 2.33. The maximum Gasteiger partial charge on any atom is 0.0462 e. The lowest BCUT2D eigenvalue weighted by molar-refractivity contribution is 1.28. The van der Waals surface area contributed by atoms with Crippen molar-refractivity contribution in [2.45, 2.75) is 0 Å². The van der Waals surface area contributed by atoms with Crippen LogP contribution in [0.15, 0.2) is 224 Å². The van der Waals surface area contributed by atoms with E-state index in [1.807, 2.05) is 0 Å². The van der Waals surface area contributed by atoms with Gasteiger partial charge in [0, 0.05) is 17.1 Å². The van der Waals surface area contributed by atoms with Crippen LogP contribution in [-0.2, 0) is 0 Å². The number of nitrogens with zero attached hydrogens (tertiary/aromatic N) is 1. The molecule has 9 aromatic rings. The smallest absolute Gasteiger partial charge is 0.0462 e. The highest BCUT2D eigenvalue weighted by Crippen LogP contribution is 2.41. The summed E-state index contributed by atoms with van der Waals surface area (Å²) >= 11 is 0. The van der Waals surface area contributed by atoms with Gasteiger partial charge in [0.05, 0.1) is 0 Å². The Morgan fingerprint density at radius 3 is 1.06 bits per heavy atom. The molecule has 9 rings (SSSR count). The predicted octanol–water partition coefficient (Wildman–Crippen LogP) is 14.6. The standard InChI is InChI=1S/C52H37N/c1-4-14-38(15-5-1)43-26-24-40-25-27-44(37-45(40)36-43)39-28-32-47(33-29-39)53(46-18-8-3-9-19-46)48-34-30-42(31-35-48)50-21-11-13-23-52(50)51-22-12-10-20-49(51)41-16-6-2-7-17-41/h1-37H.